The number of ketones is 1. The lowest BCUT2D eigenvalue weighted by Gasteiger charge is -2.23. The zero-order chi connectivity index (χ0) is 18.8. The fourth-order valence-electron chi connectivity index (χ4n) is 2.18. The number of esters is 1. The molecule has 0 radical (unpaired) electrons. The molecule has 1 unspecified atom stereocenters. The normalized spacial score (nSPS) is 19.5. The van der Waals surface area contributed by atoms with E-state index in [9.17, 15) is 18.8 Å². The summed E-state index contributed by atoms with van der Waals surface area (Å²) in [5.41, 5.74) is -1.45. The van der Waals surface area contributed by atoms with Crippen molar-refractivity contribution in [3.8, 4) is 0 Å². The van der Waals surface area contributed by atoms with Crippen LogP contribution in [0.4, 0.5) is 9.18 Å². The molecule has 1 heterocycles. The number of carbonyl (C=O) groups is 3. The minimum absolute atomic E-state index is 0.0841. The van der Waals surface area contributed by atoms with E-state index in [0.29, 0.717) is 0 Å². The SMILES string of the molecule is CCOC(=O)NC1=C(OC(C)=O)C(=O)C(C)(c2ccc(F)c(Cl)c2)O1. The number of hydrogen-bond acceptors (Lipinski definition) is 6. The lowest BCUT2D eigenvalue weighted by molar-refractivity contribution is -0.142. The minimum atomic E-state index is -1.67. The number of halogens is 2. The van der Waals surface area contributed by atoms with Crippen molar-refractivity contribution in [3.05, 3.63) is 46.2 Å². The van der Waals surface area contributed by atoms with Crippen molar-refractivity contribution in [2.24, 2.45) is 0 Å². The predicted octanol–water partition coefficient (Wildman–Crippen LogP) is 2.77. The summed E-state index contributed by atoms with van der Waals surface area (Å²) in [6, 6.07) is 3.59. The van der Waals surface area contributed by atoms with Crippen LogP contribution in [0.5, 0.6) is 0 Å². The fourth-order valence-corrected chi connectivity index (χ4v) is 2.36. The molecule has 1 aromatic rings. The number of amides is 1. The summed E-state index contributed by atoms with van der Waals surface area (Å²) in [6.45, 7) is 4.14. The van der Waals surface area contributed by atoms with Crippen molar-refractivity contribution < 1.29 is 33.0 Å². The quantitative estimate of drug-likeness (QED) is 0.818. The number of hydrogen-bond donors (Lipinski definition) is 1. The van der Waals surface area contributed by atoms with Crippen LogP contribution >= 0.6 is 11.6 Å². The van der Waals surface area contributed by atoms with E-state index in [1.165, 1.54) is 19.1 Å². The lowest BCUT2D eigenvalue weighted by Crippen LogP contribution is -2.32. The number of benzene rings is 1. The first-order chi connectivity index (χ1) is 11.7. The Morgan fingerprint density at radius 3 is 2.64 bits per heavy atom. The summed E-state index contributed by atoms with van der Waals surface area (Å²) < 4.78 is 28.5. The van der Waals surface area contributed by atoms with Crippen LogP contribution in [0.15, 0.2) is 29.8 Å². The number of Topliss-reactive ketones (excluding diaryl/α,β-unsaturated/α-hetero) is 1. The van der Waals surface area contributed by atoms with Gasteiger partial charge in [-0.05, 0) is 26.0 Å². The van der Waals surface area contributed by atoms with Gasteiger partial charge in [-0.25, -0.2) is 9.18 Å². The topological polar surface area (TPSA) is 90.9 Å². The Morgan fingerprint density at radius 2 is 2.08 bits per heavy atom. The third-order valence-corrected chi connectivity index (χ3v) is 3.65. The minimum Gasteiger partial charge on any atom is -0.456 e. The van der Waals surface area contributed by atoms with E-state index in [4.69, 9.17) is 25.8 Å². The van der Waals surface area contributed by atoms with Crippen LogP contribution in [0, 0.1) is 5.82 Å². The molecule has 7 nitrogen and oxygen atoms in total. The summed E-state index contributed by atoms with van der Waals surface area (Å²) in [4.78, 5) is 35.6. The van der Waals surface area contributed by atoms with Crippen molar-refractivity contribution in [2.45, 2.75) is 26.4 Å². The van der Waals surface area contributed by atoms with E-state index in [0.717, 1.165) is 13.0 Å². The molecule has 1 N–H and O–H groups in total. The molecule has 25 heavy (non-hydrogen) atoms. The van der Waals surface area contributed by atoms with Gasteiger partial charge in [-0.15, -0.1) is 0 Å². The zero-order valence-electron chi connectivity index (χ0n) is 13.6. The third-order valence-electron chi connectivity index (χ3n) is 3.36. The van der Waals surface area contributed by atoms with Gasteiger partial charge in [0.05, 0.1) is 11.6 Å². The van der Waals surface area contributed by atoms with Crippen LogP contribution in [0.2, 0.25) is 5.02 Å². The fraction of sp³-hybridized carbons (Fsp3) is 0.312. The van der Waals surface area contributed by atoms with Crippen molar-refractivity contribution in [1.29, 1.82) is 0 Å². The van der Waals surface area contributed by atoms with Crippen LogP contribution in [0.25, 0.3) is 0 Å². The largest absolute Gasteiger partial charge is 0.456 e. The first kappa shape index (κ1) is 18.7. The van der Waals surface area contributed by atoms with Gasteiger partial charge in [0, 0.05) is 12.5 Å². The number of nitrogens with one attached hydrogen (secondary N) is 1. The highest BCUT2D eigenvalue weighted by Crippen LogP contribution is 2.39. The Kier molecular flexibility index (Phi) is 5.32. The second-order valence-corrected chi connectivity index (χ2v) is 5.60. The first-order valence-corrected chi connectivity index (χ1v) is 7.62. The second kappa shape index (κ2) is 7.10. The van der Waals surface area contributed by atoms with Gasteiger partial charge in [0.15, 0.2) is 5.60 Å². The van der Waals surface area contributed by atoms with E-state index < -0.39 is 35.0 Å². The molecule has 1 amide bonds. The maximum Gasteiger partial charge on any atom is 0.414 e. The van der Waals surface area contributed by atoms with Gasteiger partial charge in [0.1, 0.15) is 5.82 Å². The monoisotopic (exact) mass is 371 g/mol. The summed E-state index contributed by atoms with van der Waals surface area (Å²) in [6.07, 6.45) is -0.892. The van der Waals surface area contributed by atoms with Gasteiger partial charge in [-0.3, -0.25) is 14.9 Å². The molecule has 0 saturated carbocycles. The van der Waals surface area contributed by atoms with Gasteiger partial charge >= 0.3 is 12.1 Å². The Labute approximate surface area is 147 Å². The average molecular weight is 372 g/mol. The van der Waals surface area contributed by atoms with E-state index in [1.807, 2.05) is 0 Å². The van der Waals surface area contributed by atoms with Crippen molar-refractivity contribution >= 4 is 29.4 Å². The van der Waals surface area contributed by atoms with Gasteiger partial charge < -0.3 is 14.2 Å². The van der Waals surface area contributed by atoms with E-state index >= 15 is 0 Å². The smallest absolute Gasteiger partial charge is 0.414 e. The standard InChI is InChI=1S/C16H15ClFNO6/c1-4-23-15(22)19-14-12(24-8(2)20)13(21)16(3,25-14)9-5-6-11(18)10(17)7-9/h5-7H,4H2,1-3H3,(H,19,22). The van der Waals surface area contributed by atoms with E-state index in [-0.39, 0.29) is 23.1 Å². The van der Waals surface area contributed by atoms with E-state index in [2.05, 4.69) is 5.32 Å². The van der Waals surface area contributed by atoms with Gasteiger partial charge in [-0.1, -0.05) is 17.7 Å². The molecule has 134 valence electrons. The lowest BCUT2D eigenvalue weighted by atomic mass is 9.91. The molecule has 1 aliphatic heterocycles. The molecule has 1 aromatic carbocycles. The summed E-state index contributed by atoms with van der Waals surface area (Å²) >= 11 is 5.75. The van der Waals surface area contributed by atoms with Gasteiger partial charge in [0.2, 0.25) is 11.6 Å². The molecule has 0 aliphatic carbocycles. The first-order valence-electron chi connectivity index (χ1n) is 7.24. The number of ether oxygens (including phenoxy) is 3. The highest BCUT2D eigenvalue weighted by Gasteiger charge is 2.50. The highest BCUT2D eigenvalue weighted by atomic mass is 35.5. The molecule has 0 saturated heterocycles. The Morgan fingerprint density at radius 1 is 1.40 bits per heavy atom. The molecule has 0 spiro atoms. The molecule has 0 aromatic heterocycles. The average Bonchev–Trinajstić information content (AvgIpc) is 2.75. The highest BCUT2D eigenvalue weighted by molar-refractivity contribution is 6.30. The molecule has 2 rings (SSSR count). The Balaban J connectivity index is 2.41. The molecular weight excluding hydrogens is 357 g/mol. The Hall–Kier alpha value is -2.61. The zero-order valence-corrected chi connectivity index (χ0v) is 14.4. The maximum absolute atomic E-state index is 13.4. The number of carbonyl (C=O) groups excluding carboxylic acids is 3. The summed E-state index contributed by atoms with van der Waals surface area (Å²) in [5, 5.41) is 2.00. The molecular formula is C16H15ClFNO6. The second-order valence-electron chi connectivity index (χ2n) is 5.19. The van der Waals surface area contributed by atoms with Gasteiger partial charge in [0.25, 0.3) is 5.78 Å². The maximum atomic E-state index is 13.4. The van der Waals surface area contributed by atoms with Crippen molar-refractivity contribution in [2.75, 3.05) is 6.61 Å². The molecule has 1 aliphatic rings. The van der Waals surface area contributed by atoms with E-state index in [1.54, 1.807) is 6.92 Å². The van der Waals surface area contributed by atoms with Crippen LogP contribution in [0.1, 0.15) is 26.3 Å². The summed E-state index contributed by atoms with van der Waals surface area (Å²) in [5.74, 6) is -3.05. The van der Waals surface area contributed by atoms with Crippen LogP contribution in [-0.4, -0.2) is 24.5 Å². The molecule has 1 atom stereocenters. The molecule has 9 heteroatoms. The molecule has 0 bridgehead atoms. The van der Waals surface area contributed by atoms with Crippen LogP contribution in [0.3, 0.4) is 0 Å². The van der Waals surface area contributed by atoms with Crippen molar-refractivity contribution in [1.82, 2.24) is 5.32 Å². The number of rotatable bonds is 4. The Bertz CT molecular complexity index is 778. The molecule has 0 fully saturated rings. The van der Waals surface area contributed by atoms with Crippen LogP contribution in [-0.2, 0) is 29.4 Å². The number of alkyl carbamates (subject to hydrolysis) is 1. The van der Waals surface area contributed by atoms with Gasteiger partial charge in [-0.2, -0.15) is 0 Å². The third kappa shape index (κ3) is 3.74. The summed E-state index contributed by atoms with van der Waals surface area (Å²) in [7, 11) is 0. The predicted molar refractivity (Wildman–Crippen MR) is 83.8 cm³/mol. The van der Waals surface area contributed by atoms with Crippen molar-refractivity contribution in [3.63, 3.8) is 0 Å². The van der Waals surface area contributed by atoms with Crippen LogP contribution < -0.4 is 5.32 Å².